The molecule has 0 heterocycles. The highest BCUT2D eigenvalue weighted by Crippen LogP contribution is 2.23. The molecule has 0 aliphatic carbocycles. The molecule has 0 saturated heterocycles. The third kappa shape index (κ3) is 3.43. The maximum atomic E-state index is 10.4. The van der Waals surface area contributed by atoms with Crippen LogP contribution in [-0.2, 0) is 11.2 Å². The molecule has 3 heteroatoms. The second-order valence-corrected chi connectivity index (χ2v) is 4.12. The molecule has 0 aromatic heterocycles. The van der Waals surface area contributed by atoms with Crippen LogP contribution in [0.15, 0.2) is 24.3 Å². The largest absolute Gasteiger partial charge is 0.320 e. The first-order valence-electron chi connectivity index (χ1n) is 5.45. The van der Waals surface area contributed by atoms with E-state index in [0.717, 1.165) is 17.4 Å². The van der Waals surface area contributed by atoms with Gasteiger partial charge in [-0.25, -0.2) is 6.57 Å². The first-order valence-corrected chi connectivity index (χ1v) is 5.45. The first kappa shape index (κ1) is 12.9. The Labute approximate surface area is 102 Å². The highest BCUT2D eigenvalue weighted by Gasteiger charge is 2.36. The van der Waals surface area contributed by atoms with Crippen molar-refractivity contribution in [3.05, 3.63) is 46.8 Å². The molecule has 0 radical (unpaired) electrons. The number of hydrogen-bond donors (Lipinski definition) is 0. The van der Waals surface area contributed by atoms with E-state index in [9.17, 15) is 4.79 Å². The highest BCUT2D eigenvalue weighted by molar-refractivity contribution is 5.50. The van der Waals surface area contributed by atoms with Crippen molar-refractivity contribution in [3.8, 4) is 6.07 Å². The van der Waals surface area contributed by atoms with Gasteiger partial charge in [0.05, 0.1) is 6.42 Å². The van der Waals surface area contributed by atoms with Gasteiger partial charge in [0.2, 0.25) is 0 Å². The quantitative estimate of drug-likeness (QED) is 0.572. The molecule has 1 atom stereocenters. The molecule has 86 valence electrons. The molecule has 0 fully saturated rings. The minimum absolute atomic E-state index is 0.252. The van der Waals surface area contributed by atoms with Crippen LogP contribution < -0.4 is 0 Å². The second-order valence-electron chi connectivity index (χ2n) is 4.12. The summed E-state index contributed by atoms with van der Waals surface area (Å²) in [5.74, 6) is 0. The average Bonchev–Trinajstić information content (AvgIpc) is 2.37. The van der Waals surface area contributed by atoms with Crippen molar-refractivity contribution in [2.75, 3.05) is 0 Å². The van der Waals surface area contributed by atoms with E-state index in [-0.39, 0.29) is 6.42 Å². The Morgan fingerprint density at radius 3 is 2.59 bits per heavy atom. The molecular weight excluding hydrogens is 212 g/mol. The van der Waals surface area contributed by atoms with Gasteiger partial charge in [-0.3, -0.25) is 4.85 Å². The van der Waals surface area contributed by atoms with Crippen LogP contribution in [0.2, 0.25) is 0 Å². The van der Waals surface area contributed by atoms with Crippen LogP contribution in [0.4, 0.5) is 0 Å². The molecule has 0 amide bonds. The van der Waals surface area contributed by atoms with Gasteiger partial charge in [0, 0.05) is 12.8 Å². The van der Waals surface area contributed by atoms with E-state index < -0.39 is 5.54 Å². The number of carbonyl (C=O) groups is 1. The zero-order chi connectivity index (χ0) is 12.7. The Hall–Kier alpha value is -2.13. The molecule has 1 aromatic rings. The Balaban J connectivity index is 2.87. The summed E-state index contributed by atoms with van der Waals surface area (Å²) in [4.78, 5) is 13.8. The lowest BCUT2D eigenvalue weighted by atomic mass is 9.88. The van der Waals surface area contributed by atoms with Gasteiger partial charge in [-0.15, -0.1) is 0 Å². The van der Waals surface area contributed by atoms with Gasteiger partial charge in [0.15, 0.2) is 6.07 Å². The van der Waals surface area contributed by atoms with Crippen molar-refractivity contribution in [2.24, 2.45) is 0 Å². The van der Waals surface area contributed by atoms with Crippen LogP contribution in [0.1, 0.15) is 24.0 Å². The van der Waals surface area contributed by atoms with Crippen LogP contribution in [-0.4, -0.2) is 11.8 Å². The summed E-state index contributed by atoms with van der Waals surface area (Å²) >= 11 is 0. The summed E-state index contributed by atoms with van der Waals surface area (Å²) in [7, 11) is 0. The number of hydrogen-bond acceptors (Lipinski definition) is 2. The summed E-state index contributed by atoms with van der Waals surface area (Å²) in [6.07, 6.45) is 1.68. The molecule has 1 aromatic carbocycles. The number of carbonyl (C=O) groups excluding carboxylic acids is 1. The molecule has 0 spiro atoms. The molecule has 1 rings (SSSR count). The zero-order valence-corrected chi connectivity index (χ0v) is 9.81. The van der Waals surface area contributed by atoms with Crippen LogP contribution in [0, 0.1) is 24.8 Å². The topological polar surface area (TPSA) is 45.2 Å². The van der Waals surface area contributed by atoms with Crippen LogP contribution in [0.5, 0.6) is 0 Å². The maximum Gasteiger partial charge on any atom is 0.320 e. The summed E-state index contributed by atoms with van der Waals surface area (Å²) < 4.78 is 0. The number of benzene rings is 1. The molecule has 0 bridgehead atoms. The zero-order valence-electron chi connectivity index (χ0n) is 9.81. The fraction of sp³-hybridized carbons (Fsp3) is 0.357. The molecule has 3 nitrogen and oxygen atoms in total. The Kier molecular flexibility index (Phi) is 4.43. The van der Waals surface area contributed by atoms with E-state index in [4.69, 9.17) is 11.8 Å². The molecule has 0 aliphatic rings. The Bertz CT molecular complexity index is 448. The van der Waals surface area contributed by atoms with Gasteiger partial charge in [0.25, 0.3) is 0 Å². The van der Waals surface area contributed by atoms with E-state index >= 15 is 0 Å². The van der Waals surface area contributed by atoms with Crippen molar-refractivity contribution in [3.63, 3.8) is 0 Å². The lowest BCUT2D eigenvalue weighted by Gasteiger charge is -2.13. The fourth-order valence-electron chi connectivity index (χ4n) is 1.65. The standard InChI is InChI=1S/C14H14N2O/c1-12-4-6-13(7-5-12)10-14(11-15,16-2)8-3-9-17/h4-7,9H,3,8,10H2,1H3. The number of aryl methyl sites for hydroxylation is 1. The monoisotopic (exact) mass is 226 g/mol. The lowest BCUT2D eigenvalue weighted by molar-refractivity contribution is -0.108. The summed E-state index contributed by atoms with van der Waals surface area (Å²) in [5, 5.41) is 9.14. The fourth-order valence-corrected chi connectivity index (χ4v) is 1.65. The van der Waals surface area contributed by atoms with Gasteiger partial charge < -0.3 is 4.79 Å². The van der Waals surface area contributed by atoms with E-state index in [2.05, 4.69) is 10.9 Å². The smallest absolute Gasteiger partial charge is 0.303 e. The van der Waals surface area contributed by atoms with E-state index in [1.807, 2.05) is 31.2 Å². The molecule has 0 aliphatic heterocycles. The number of rotatable bonds is 5. The third-order valence-corrected chi connectivity index (χ3v) is 2.72. The van der Waals surface area contributed by atoms with Gasteiger partial charge in [-0.1, -0.05) is 29.8 Å². The minimum Gasteiger partial charge on any atom is -0.303 e. The lowest BCUT2D eigenvalue weighted by Crippen LogP contribution is -2.25. The van der Waals surface area contributed by atoms with Crippen molar-refractivity contribution < 1.29 is 4.79 Å². The SMILES string of the molecule is [C-]#[N+]C(C#N)(CCC=O)Cc1ccc(C)cc1. The minimum atomic E-state index is -1.10. The number of aldehydes is 1. The van der Waals surface area contributed by atoms with Gasteiger partial charge in [-0.05, 0) is 12.5 Å². The Morgan fingerprint density at radius 1 is 1.47 bits per heavy atom. The van der Waals surface area contributed by atoms with Crippen LogP contribution >= 0.6 is 0 Å². The first-order chi connectivity index (χ1) is 8.15. The molecule has 0 N–H and O–H groups in total. The molecule has 0 saturated carbocycles. The third-order valence-electron chi connectivity index (χ3n) is 2.72. The number of nitriles is 1. The van der Waals surface area contributed by atoms with Crippen LogP contribution in [0.25, 0.3) is 4.85 Å². The van der Waals surface area contributed by atoms with Gasteiger partial charge in [-0.2, -0.15) is 5.26 Å². The number of nitrogens with zero attached hydrogens (tertiary/aromatic N) is 2. The molecule has 17 heavy (non-hydrogen) atoms. The van der Waals surface area contributed by atoms with E-state index in [1.54, 1.807) is 0 Å². The Morgan fingerprint density at radius 2 is 2.12 bits per heavy atom. The second kappa shape index (κ2) is 5.82. The predicted molar refractivity (Wildman–Crippen MR) is 65.1 cm³/mol. The van der Waals surface area contributed by atoms with Crippen molar-refractivity contribution in [2.45, 2.75) is 31.7 Å². The molecular formula is C14H14N2O. The van der Waals surface area contributed by atoms with Gasteiger partial charge >= 0.3 is 5.54 Å². The van der Waals surface area contributed by atoms with E-state index in [1.165, 1.54) is 0 Å². The normalized spacial score (nSPS) is 13.1. The summed E-state index contributed by atoms with van der Waals surface area (Å²) in [5.41, 5.74) is 1.00. The summed E-state index contributed by atoms with van der Waals surface area (Å²) in [6, 6.07) is 9.82. The maximum absolute atomic E-state index is 10.4. The van der Waals surface area contributed by atoms with Gasteiger partial charge in [0.1, 0.15) is 6.29 Å². The van der Waals surface area contributed by atoms with Crippen molar-refractivity contribution in [1.29, 1.82) is 5.26 Å². The summed E-state index contributed by atoms with van der Waals surface area (Å²) in [6.45, 7) is 9.15. The average molecular weight is 226 g/mol. The predicted octanol–water partition coefficient (Wildman–Crippen LogP) is 2.70. The molecule has 1 unspecified atom stereocenters. The highest BCUT2D eigenvalue weighted by atomic mass is 16.1. The van der Waals surface area contributed by atoms with E-state index in [0.29, 0.717) is 12.8 Å². The van der Waals surface area contributed by atoms with Crippen molar-refractivity contribution >= 4 is 6.29 Å². The van der Waals surface area contributed by atoms with Crippen molar-refractivity contribution in [1.82, 2.24) is 0 Å². The van der Waals surface area contributed by atoms with Crippen LogP contribution in [0.3, 0.4) is 0 Å².